The Kier molecular flexibility index (Phi) is 3.74. The SMILES string of the molecule is ClCc1nc2cc(I)ccc2n1CCn1ccnc1. The fourth-order valence-electron chi connectivity index (χ4n) is 2.14. The number of benzene rings is 1. The molecule has 19 heavy (non-hydrogen) atoms. The quantitative estimate of drug-likeness (QED) is 0.510. The molecule has 98 valence electrons. The van der Waals surface area contributed by atoms with E-state index in [0.717, 1.165) is 29.9 Å². The van der Waals surface area contributed by atoms with Gasteiger partial charge in [0.1, 0.15) is 5.82 Å². The molecule has 0 unspecified atom stereocenters. The van der Waals surface area contributed by atoms with E-state index in [4.69, 9.17) is 11.6 Å². The van der Waals surface area contributed by atoms with Gasteiger partial charge in [-0.1, -0.05) is 0 Å². The summed E-state index contributed by atoms with van der Waals surface area (Å²) in [4.78, 5) is 8.64. The molecule has 0 saturated heterocycles. The van der Waals surface area contributed by atoms with Crippen molar-refractivity contribution < 1.29 is 0 Å². The molecule has 2 heterocycles. The van der Waals surface area contributed by atoms with Crippen molar-refractivity contribution >= 4 is 45.2 Å². The second kappa shape index (κ2) is 5.50. The van der Waals surface area contributed by atoms with Crippen molar-refractivity contribution in [1.82, 2.24) is 19.1 Å². The average molecular weight is 387 g/mol. The first-order valence-electron chi connectivity index (χ1n) is 5.94. The van der Waals surface area contributed by atoms with Gasteiger partial charge < -0.3 is 9.13 Å². The van der Waals surface area contributed by atoms with Crippen LogP contribution in [0.3, 0.4) is 0 Å². The van der Waals surface area contributed by atoms with Crippen LogP contribution in [0.25, 0.3) is 11.0 Å². The van der Waals surface area contributed by atoms with Crippen molar-refractivity contribution in [2.24, 2.45) is 0 Å². The van der Waals surface area contributed by atoms with Crippen molar-refractivity contribution in [3.05, 3.63) is 46.3 Å². The summed E-state index contributed by atoms with van der Waals surface area (Å²) in [5, 5.41) is 0. The van der Waals surface area contributed by atoms with Crippen LogP contribution >= 0.6 is 34.2 Å². The number of hydrogen-bond donors (Lipinski definition) is 0. The van der Waals surface area contributed by atoms with E-state index in [1.807, 2.05) is 12.5 Å². The molecule has 2 aromatic heterocycles. The second-order valence-corrected chi connectivity index (χ2v) is 5.76. The van der Waals surface area contributed by atoms with Crippen LogP contribution in [0.5, 0.6) is 0 Å². The van der Waals surface area contributed by atoms with Gasteiger partial charge in [-0.15, -0.1) is 11.6 Å². The molecule has 3 aromatic rings. The van der Waals surface area contributed by atoms with Crippen LogP contribution in [0.2, 0.25) is 0 Å². The number of rotatable bonds is 4. The summed E-state index contributed by atoms with van der Waals surface area (Å²) in [7, 11) is 0. The van der Waals surface area contributed by atoms with E-state index >= 15 is 0 Å². The molecule has 0 aliphatic rings. The number of alkyl halides is 1. The number of imidazole rings is 2. The fourth-order valence-corrected chi connectivity index (χ4v) is 2.82. The van der Waals surface area contributed by atoms with E-state index in [9.17, 15) is 0 Å². The number of nitrogens with zero attached hydrogens (tertiary/aromatic N) is 4. The van der Waals surface area contributed by atoms with Gasteiger partial charge in [-0.2, -0.15) is 0 Å². The Balaban J connectivity index is 1.96. The first-order chi connectivity index (χ1) is 9.28. The summed E-state index contributed by atoms with van der Waals surface area (Å²) in [6.07, 6.45) is 5.57. The van der Waals surface area contributed by atoms with Crippen molar-refractivity contribution in [2.75, 3.05) is 0 Å². The lowest BCUT2D eigenvalue weighted by Gasteiger charge is -2.08. The third kappa shape index (κ3) is 2.62. The van der Waals surface area contributed by atoms with Gasteiger partial charge in [0.2, 0.25) is 0 Å². The smallest absolute Gasteiger partial charge is 0.124 e. The normalized spacial score (nSPS) is 11.3. The van der Waals surface area contributed by atoms with Gasteiger partial charge >= 0.3 is 0 Å². The second-order valence-electron chi connectivity index (χ2n) is 4.25. The Morgan fingerprint density at radius 2 is 2.16 bits per heavy atom. The van der Waals surface area contributed by atoms with Crippen molar-refractivity contribution in [3.63, 3.8) is 0 Å². The predicted octanol–water partition coefficient (Wildman–Crippen LogP) is 3.28. The maximum absolute atomic E-state index is 6.00. The zero-order valence-corrected chi connectivity index (χ0v) is 13.0. The fraction of sp³-hybridized carbons (Fsp3) is 0.231. The van der Waals surface area contributed by atoms with Gasteiger partial charge in [0.05, 0.1) is 23.2 Å². The largest absolute Gasteiger partial charge is 0.336 e. The predicted molar refractivity (Wildman–Crippen MR) is 84.2 cm³/mol. The third-order valence-corrected chi connectivity index (χ3v) is 3.96. The third-order valence-electron chi connectivity index (χ3n) is 3.05. The number of aromatic nitrogens is 4. The van der Waals surface area contributed by atoms with Crippen LogP contribution in [0.15, 0.2) is 36.9 Å². The van der Waals surface area contributed by atoms with Gasteiger partial charge in [0, 0.05) is 29.1 Å². The molecule has 0 spiro atoms. The summed E-state index contributed by atoms with van der Waals surface area (Å²) >= 11 is 8.30. The molecule has 0 fully saturated rings. The summed E-state index contributed by atoms with van der Waals surface area (Å²) in [5.74, 6) is 1.34. The number of halogens is 2. The average Bonchev–Trinajstić information content (AvgIpc) is 3.02. The highest BCUT2D eigenvalue weighted by atomic mass is 127. The van der Waals surface area contributed by atoms with Crippen LogP contribution in [0, 0.1) is 3.57 Å². The monoisotopic (exact) mass is 386 g/mol. The van der Waals surface area contributed by atoms with E-state index in [-0.39, 0.29) is 0 Å². The number of fused-ring (bicyclic) bond motifs is 1. The van der Waals surface area contributed by atoms with Crippen LogP contribution in [-0.2, 0) is 19.0 Å². The van der Waals surface area contributed by atoms with E-state index in [1.54, 1.807) is 6.20 Å². The molecule has 0 amide bonds. The molecule has 4 nitrogen and oxygen atoms in total. The lowest BCUT2D eigenvalue weighted by molar-refractivity contribution is 0.577. The minimum atomic E-state index is 0.426. The molecule has 3 rings (SSSR count). The zero-order chi connectivity index (χ0) is 13.2. The zero-order valence-electron chi connectivity index (χ0n) is 10.1. The van der Waals surface area contributed by atoms with E-state index in [0.29, 0.717) is 5.88 Å². The molecule has 6 heteroatoms. The van der Waals surface area contributed by atoms with Gasteiger partial charge in [0.25, 0.3) is 0 Å². The highest BCUT2D eigenvalue weighted by molar-refractivity contribution is 14.1. The van der Waals surface area contributed by atoms with Crippen molar-refractivity contribution in [1.29, 1.82) is 0 Å². The molecule has 0 aliphatic carbocycles. The molecule has 0 atom stereocenters. The van der Waals surface area contributed by atoms with Crippen LogP contribution in [0.1, 0.15) is 5.82 Å². The van der Waals surface area contributed by atoms with Crippen molar-refractivity contribution in [3.8, 4) is 0 Å². The van der Waals surface area contributed by atoms with E-state index < -0.39 is 0 Å². The summed E-state index contributed by atoms with van der Waals surface area (Å²) < 4.78 is 5.42. The molecule has 0 bridgehead atoms. The highest BCUT2D eigenvalue weighted by Crippen LogP contribution is 2.20. The molecule has 1 aromatic carbocycles. The minimum Gasteiger partial charge on any atom is -0.336 e. The molecule has 0 N–H and O–H groups in total. The van der Waals surface area contributed by atoms with Gasteiger partial charge in [-0.25, -0.2) is 9.97 Å². The summed E-state index contributed by atoms with van der Waals surface area (Å²) in [5.41, 5.74) is 2.14. The van der Waals surface area contributed by atoms with Gasteiger partial charge in [0.15, 0.2) is 0 Å². The summed E-state index contributed by atoms with van der Waals surface area (Å²) in [6.45, 7) is 1.71. The van der Waals surface area contributed by atoms with Crippen molar-refractivity contribution in [2.45, 2.75) is 19.0 Å². The Morgan fingerprint density at radius 1 is 1.26 bits per heavy atom. The van der Waals surface area contributed by atoms with Crippen LogP contribution < -0.4 is 0 Å². The van der Waals surface area contributed by atoms with E-state index in [1.165, 1.54) is 3.57 Å². The van der Waals surface area contributed by atoms with Crippen LogP contribution in [-0.4, -0.2) is 19.1 Å². The highest BCUT2D eigenvalue weighted by Gasteiger charge is 2.10. The maximum Gasteiger partial charge on any atom is 0.124 e. The Bertz CT molecular complexity index is 690. The minimum absolute atomic E-state index is 0.426. The molecule has 0 saturated carbocycles. The number of aryl methyl sites for hydroxylation is 2. The molecular weight excluding hydrogens is 375 g/mol. The van der Waals surface area contributed by atoms with Crippen LogP contribution in [0.4, 0.5) is 0 Å². The molecule has 0 radical (unpaired) electrons. The van der Waals surface area contributed by atoms with Gasteiger partial charge in [-0.05, 0) is 40.8 Å². The first-order valence-corrected chi connectivity index (χ1v) is 7.55. The standard InChI is InChI=1S/C13H12ClIN4/c14-8-13-17-11-7-10(15)1-2-12(11)19(13)6-5-18-4-3-16-9-18/h1-4,7,9H,5-6,8H2. The first kappa shape index (κ1) is 12.9. The van der Waals surface area contributed by atoms with E-state index in [2.05, 4.69) is 59.9 Å². The Morgan fingerprint density at radius 3 is 2.89 bits per heavy atom. The maximum atomic E-state index is 6.00. The molecular formula is C13H12ClIN4. The Labute approximate surface area is 129 Å². The topological polar surface area (TPSA) is 35.6 Å². The van der Waals surface area contributed by atoms with Gasteiger partial charge in [-0.3, -0.25) is 0 Å². The molecule has 0 aliphatic heterocycles. The summed E-state index contributed by atoms with van der Waals surface area (Å²) in [6, 6.07) is 6.28. The lowest BCUT2D eigenvalue weighted by atomic mass is 10.3. The lowest BCUT2D eigenvalue weighted by Crippen LogP contribution is -2.08. The Hall–Kier alpha value is -1.08. The number of hydrogen-bond acceptors (Lipinski definition) is 2.